The first-order chi connectivity index (χ1) is 8.85. The predicted molar refractivity (Wildman–Crippen MR) is 73.8 cm³/mol. The summed E-state index contributed by atoms with van der Waals surface area (Å²) in [7, 11) is 0. The van der Waals surface area contributed by atoms with E-state index in [-0.39, 0.29) is 6.61 Å². The first-order valence-electron chi connectivity index (χ1n) is 6.90. The van der Waals surface area contributed by atoms with Crippen LogP contribution in [0.2, 0.25) is 0 Å². The van der Waals surface area contributed by atoms with E-state index in [1.807, 2.05) is 18.2 Å². The molecule has 0 aliphatic carbocycles. The lowest BCUT2D eigenvalue weighted by Gasteiger charge is -2.35. The molecule has 3 nitrogen and oxygen atoms in total. The van der Waals surface area contributed by atoms with E-state index in [1.54, 1.807) is 0 Å². The van der Waals surface area contributed by atoms with Gasteiger partial charge in [0, 0.05) is 30.9 Å². The Bertz CT molecular complexity index is 367. The van der Waals surface area contributed by atoms with E-state index in [0.29, 0.717) is 6.10 Å². The standard InChI is InChI=1S/C15H23NO2/c1-2-10-18-14-7-5-9-16(11-14)15-8-4-3-6-13(15)12-17/h3-4,6,8,14,17H,2,5,7,9-12H2,1H3. The predicted octanol–water partition coefficient (Wildman–Crippen LogP) is 2.57. The van der Waals surface area contributed by atoms with Gasteiger partial charge in [0.15, 0.2) is 0 Å². The van der Waals surface area contributed by atoms with Crippen LogP contribution in [0.25, 0.3) is 0 Å². The third kappa shape index (κ3) is 3.24. The molecule has 0 spiro atoms. The summed E-state index contributed by atoms with van der Waals surface area (Å²) >= 11 is 0. The van der Waals surface area contributed by atoms with E-state index in [9.17, 15) is 5.11 Å². The van der Waals surface area contributed by atoms with E-state index in [2.05, 4.69) is 17.9 Å². The van der Waals surface area contributed by atoms with E-state index < -0.39 is 0 Å². The number of benzene rings is 1. The molecule has 0 saturated carbocycles. The van der Waals surface area contributed by atoms with Crippen LogP contribution in [0.5, 0.6) is 0 Å². The Balaban J connectivity index is 2.03. The number of ether oxygens (including phenoxy) is 1. The number of para-hydroxylation sites is 1. The number of aliphatic hydroxyl groups is 1. The fraction of sp³-hybridized carbons (Fsp3) is 0.600. The summed E-state index contributed by atoms with van der Waals surface area (Å²) in [6.45, 7) is 5.09. The van der Waals surface area contributed by atoms with Gasteiger partial charge in [-0.3, -0.25) is 0 Å². The van der Waals surface area contributed by atoms with E-state index in [4.69, 9.17) is 4.74 Å². The highest BCUT2D eigenvalue weighted by Crippen LogP contribution is 2.25. The molecule has 1 aliphatic rings. The highest BCUT2D eigenvalue weighted by Gasteiger charge is 2.21. The summed E-state index contributed by atoms with van der Waals surface area (Å²) in [6.07, 6.45) is 3.72. The molecule has 0 bridgehead atoms. The first-order valence-corrected chi connectivity index (χ1v) is 6.90. The van der Waals surface area contributed by atoms with Gasteiger partial charge in [0.1, 0.15) is 0 Å². The van der Waals surface area contributed by atoms with Crippen molar-refractivity contribution in [3.63, 3.8) is 0 Å². The molecule has 0 radical (unpaired) electrons. The molecular formula is C15H23NO2. The van der Waals surface area contributed by atoms with Crippen molar-refractivity contribution in [1.82, 2.24) is 0 Å². The van der Waals surface area contributed by atoms with Crippen molar-refractivity contribution < 1.29 is 9.84 Å². The van der Waals surface area contributed by atoms with Crippen molar-refractivity contribution in [3.8, 4) is 0 Å². The lowest BCUT2D eigenvalue weighted by atomic mass is 10.1. The Labute approximate surface area is 109 Å². The number of hydrogen-bond acceptors (Lipinski definition) is 3. The molecule has 1 saturated heterocycles. The number of nitrogens with zero attached hydrogens (tertiary/aromatic N) is 1. The van der Waals surface area contributed by atoms with Crippen LogP contribution in [-0.2, 0) is 11.3 Å². The molecule has 1 unspecified atom stereocenters. The first kappa shape index (κ1) is 13.4. The SMILES string of the molecule is CCCOC1CCCN(c2ccccc2CO)C1. The minimum Gasteiger partial charge on any atom is -0.392 e. The summed E-state index contributed by atoms with van der Waals surface area (Å²) in [5, 5.41) is 9.40. The molecule has 0 aromatic heterocycles. The highest BCUT2D eigenvalue weighted by atomic mass is 16.5. The minimum atomic E-state index is 0.104. The van der Waals surface area contributed by atoms with Crippen molar-refractivity contribution in [2.45, 2.75) is 38.9 Å². The topological polar surface area (TPSA) is 32.7 Å². The zero-order valence-electron chi connectivity index (χ0n) is 11.1. The third-order valence-corrected chi connectivity index (χ3v) is 3.44. The zero-order chi connectivity index (χ0) is 12.8. The molecule has 1 aliphatic heterocycles. The second-order valence-electron chi connectivity index (χ2n) is 4.87. The van der Waals surface area contributed by atoms with Crippen LogP contribution in [-0.4, -0.2) is 30.9 Å². The Kier molecular flexibility index (Phi) is 5.02. The average molecular weight is 249 g/mol. The molecule has 100 valence electrons. The minimum absolute atomic E-state index is 0.104. The van der Waals surface area contributed by atoms with Gasteiger partial charge < -0.3 is 14.7 Å². The molecular weight excluding hydrogens is 226 g/mol. The molecule has 1 fully saturated rings. The molecule has 18 heavy (non-hydrogen) atoms. The lowest BCUT2D eigenvalue weighted by molar-refractivity contribution is 0.0440. The molecule has 1 atom stereocenters. The van der Waals surface area contributed by atoms with Gasteiger partial charge in [-0.25, -0.2) is 0 Å². The second kappa shape index (κ2) is 6.76. The summed E-state index contributed by atoms with van der Waals surface area (Å²) in [4.78, 5) is 2.34. The van der Waals surface area contributed by atoms with Gasteiger partial charge in [0.2, 0.25) is 0 Å². The highest BCUT2D eigenvalue weighted by molar-refractivity contribution is 5.53. The molecule has 1 N–H and O–H groups in total. The number of piperidine rings is 1. The van der Waals surface area contributed by atoms with Gasteiger partial charge in [-0.05, 0) is 25.3 Å². The van der Waals surface area contributed by atoms with Crippen LogP contribution in [0, 0.1) is 0 Å². The number of anilines is 1. The van der Waals surface area contributed by atoms with Gasteiger partial charge in [0.25, 0.3) is 0 Å². The van der Waals surface area contributed by atoms with Crippen molar-refractivity contribution >= 4 is 5.69 Å². The Hall–Kier alpha value is -1.06. The molecule has 0 amide bonds. The van der Waals surface area contributed by atoms with Crippen LogP contribution in [0.1, 0.15) is 31.7 Å². The van der Waals surface area contributed by atoms with Crippen LogP contribution < -0.4 is 4.90 Å². The maximum Gasteiger partial charge on any atom is 0.0750 e. The zero-order valence-corrected chi connectivity index (χ0v) is 11.1. The monoisotopic (exact) mass is 249 g/mol. The van der Waals surface area contributed by atoms with E-state index in [1.165, 1.54) is 0 Å². The summed E-state index contributed by atoms with van der Waals surface area (Å²) in [6, 6.07) is 8.09. The Morgan fingerprint density at radius 3 is 3.00 bits per heavy atom. The number of aliphatic hydroxyl groups excluding tert-OH is 1. The van der Waals surface area contributed by atoms with Crippen LogP contribution in [0.3, 0.4) is 0 Å². The molecule has 1 heterocycles. The molecule has 3 heteroatoms. The summed E-state index contributed by atoms with van der Waals surface area (Å²) < 4.78 is 5.85. The van der Waals surface area contributed by atoms with Crippen molar-refractivity contribution in [2.75, 3.05) is 24.6 Å². The van der Waals surface area contributed by atoms with Gasteiger partial charge in [-0.15, -0.1) is 0 Å². The Morgan fingerprint density at radius 1 is 1.39 bits per heavy atom. The quantitative estimate of drug-likeness (QED) is 0.870. The van der Waals surface area contributed by atoms with Crippen molar-refractivity contribution in [2.24, 2.45) is 0 Å². The van der Waals surface area contributed by atoms with Crippen LogP contribution >= 0.6 is 0 Å². The summed E-state index contributed by atoms with van der Waals surface area (Å²) in [5.41, 5.74) is 2.17. The normalized spacial score (nSPS) is 20.1. The van der Waals surface area contributed by atoms with Crippen LogP contribution in [0.4, 0.5) is 5.69 Å². The molecule has 2 rings (SSSR count). The van der Waals surface area contributed by atoms with Crippen molar-refractivity contribution in [1.29, 1.82) is 0 Å². The third-order valence-electron chi connectivity index (χ3n) is 3.44. The van der Waals surface area contributed by atoms with Crippen LogP contribution in [0.15, 0.2) is 24.3 Å². The summed E-state index contributed by atoms with van der Waals surface area (Å²) in [5.74, 6) is 0. The van der Waals surface area contributed by atoms with Crippen molar-refractivity contribution in [3.05, 3.63) is 29.8 Å². The van der Waals surface area contributed by atoms with Gasteiger partial charge in [-0.2, -0.15) is 0 Å². The van der Waals surface area contributed by atoms with E-state index in [0.717, 1.165) is 50.2 Å². The number of rotatable bonds is 5. The maximum absolute atomic E-state index is 9.40. The van der Waals surface area contributed by atoms with E-state index >= 15 is 0 Å². The second-order valence-corrected chi connectivity index (χ2v) is 4.87. The lowest BCUT2D eigenvalue weighted by Crippen LogP contribution is -2.40. The molecule has 1 aromatic rings. The number of hydrogen-bond donors (Lipinski definition) is 1. The smallest absolute Gasteiger partial charge is 0.0750 e. The Morgan fingerprint density at radius 2 is 2.22 bits per heavy atom. The van der Waals surface area contributed by atoms with Gasteiger partial charge in [-0.1, -0.05) is 25.1 Å². The molecule has 1 aromatic carbocycles. The van der Waals surface area contributed by atoms with Gasteiger partial charge >= 0.3 is 0 Å². The maximum atomic E-state index is 9.40. The van der Waals surface area contributed by atoms with Gasteiger partial charge in [0.05, 0.1) is 12.7 Å². The average Bonchev–Trinajstić information content (AvgIpc) is 2.45. The fourth-order valence-electron chi connectivity index (χ4n) is 2.53. The largest absolute Gasteiger partial charge is 0.392 e. The fourth-order valence-corrected chi connectivity index (χ4v) is 2.53.